The number of pyridine rings is 1. The van der Waals surface area contributed by atoms with Crippen molar-refractivity contribution in [3.63, 3.8) is 0 Å². The molecule has 0 atom stereocenters. The van der Waals surface area contributed by atoms with E-state index in [0.29, 0.717) is 25.0 Å². The Morgan fingerprint density at radius 1 is 1.67 bits per heavy atom. The topological polar surface area (TPSA) is 42.4 Å². The quantitative estimate of drug-likeness (QED) is 0.825. The summed E-state index contributed by atoms with van der Waals surface area (Å²) in [5, 5.41) is 10.1. The second-order valence-electron chi connectivity index (χ2n) is 3.87. The summed E-state index contributed by atoms with van der Waals surface area (Å²) in [6.07, 6.45) is 3.59. The van der Waals surface area contributed by atoms with E-state index >= 15 is 0 Å². The van der Waals surface area contributed by atoms with Gasteiger partial charge in [-0.3, -0.25) is 4.98 Å². The van der Waals surface area contributed by atoms with Gasteiger partial charge in [-0.25, -0.2) is 4.39 Å². The molecule has 2 rings (SSSR count). The van der Waals surface area contributed by atoms with Crippen LogP contribution in [0.5, 0.6) is 0 Å². The molecule has 1 heterocycles. The first-order chi connectivity index (χ1) is 7.15. The van der Waals surface area contributed by atoms with E-state index in [-0.39, 0.29) is 6.10 Å². The summed E-state index contributed by atoms with van der Waals surface area (Å²) in [6.45, 7) is 2.53. The van der Waals surface area contributed by atoms with Crippen molar-refractivity contribution in [1.82, 2.24) is 4.98 Å². The lowest BCUT2D eigenvalue weighted by Crippen LogP contribution is -2.46. The minimum Gasteiger partial charge on any atom is -0.385 e. The van der Waals surface area contributed by atoms with E-state index in [2.05, 4.69) is 4.98 Å². The monoisotopic (exact) mass is 211 g/mol. The van der Waals surface area contributed by atoms with Gasteiger partial charge in [0, 0.05) is 31.2 Å². The summed E-state index contributed by atoms with van der Waals surface area (Å²) in [4.78, 5) is 3.65. The molecule has 15 heavy (non-hydrogen) atoms. The summed E-state index contributed by atoms with van der Waals surface area (Å²) in [5.74, 6) is -0.449. The van der Waals surface area contributed by atoms with Crippen molar-refractivity contribution < 1.29 is 14.2 Å². The van der Waals surface area contributed by atoms with Crippen LogP contribution in [-0.4, -0.2) is 22.8 Å². The average Bonchev–Trinajstić information content (AvgIpc) is 2.16. The van der Waals surface area contributed by atoms with Gasteiger partial charge in [-0.1, -0.05) is 0 Å². The van der Waals surface area contributed by atoms with Crippen molar-refractivity contribution in [3.8, 4) is 0 Å². The number of aliphatic hydroxyl groups is 1. The zero-order valence-corrected chi connectivity index (χ0v) is 8.61. The molecule has 1 saturated carbocycles. The van der Waals surface area contributed by atoms with E-state index in [4.69, 9.17) is 4.74 Å². The van der Waals surface area contributed by atoms with E-state index < -0.39 is 11.4 Å². The summed E-state index contributed by atoms with van der Waals surface area (Å²) in [5.41, 5.74) is -0.735. The van der Waals surface area contributed by atoms with Crippen LogP contribution in [0.4, 0.5) is 4.39 Å². The van der Waals surface area contributed by atoms with Crippen LogP contribution < -0.4 is 0 Å². The van der Waals surface area contributed by atoms with Gasteiger partial charge in [-0.15, -0.1) is 0 Å². The van der Waals surface area contributed by atoms with Gasteiger partial charge in [0.15, 0.2) is 0 Å². The third-order valence-corrected chi connectivity index (χ3v) is 2.81. The Hall–Kier alpha value is -1.00. The molecule has 4 heteroatoms. The minimum atomic E-state index is -1.06. The molecule has 3 nitrogen and oxygen atoms in total. The second kappa shape index (κ2) is 3.87. The zero-order valence-electron chi connectivity index (χ0n) is 8.61. The molecule has 0 unspecified atom stereocenters. The molecule has 1 aliphatic rings. The van der Waals surface area contributed by atoms with Crippen molar-refractivity contribution in [1.29, 1.82) is 0 Å². The van der Waals surface area contributed by atoms with E-state index in [0.717, 1.165) is 6.20 Å². The lowest BCUT2D eigenvalue weighted by atomic mass is 9.73. The van der Waals surface area contributed by atoms with E-state index in [1.54, 1.807) is 0 Å². The van der Waals surface area contributed by atoms with Crippen molar-refractivity contribution in [2.45, 2.75) is 31.5 Å². The zero-order chi connectivity index (χ0) is 10.9. The van der Waals surface area contributed by atoms with Gasteiger partial charge in [-0.05, 0) is 13.0 Å². The molecule has 82 valence electrons. The number of hydrogen-bond acceptors (Lipinski definition) is 3. The molecule has 1 aromatic heterocycles. The Kier molecular flexibility index (Phi) is 2.71. The van der Waals surface area contributed by atoms with Gasteiger partial charge in [0.25, 0.3) is 0 Å². The lowest BCUT2D eigenvalue weighted by molar-refractivity contribution is -0.144. The molecule has 0 radical (unpaired) electrons. The molecule has 0 spiro atoms. The van der Waals surface area contributed by atoms with Crippen LogP contribution in [0.1, 0.15) is 25.3 Å². The van der Waals surface area contributed by atoms with Crippen molar-refractivity contribution in [2.75, 3.05) is 6.61 Å². The largest absolute Gasteiger partial charge is 0.385 e. The molecule has 1 fully saturated rings. The fraction of sp³-hybridized carbons (Fsp3) is 0.545. The Morgan fingerprint density at radius 3 is 3.00 bits per heavy atom. The Bertz CT molecular complexity index is 350. The fourth-order valence-electron chi connectivity index (χ4n) is 2.02. The number of nitrogens with zero attached hydrogens (tertiary/aromatic N) is 1. The van der Waals surface area contributed by atoms with E-state index in [1.807, 2.05) is 6.92 Å². The van der Waals surface area contributed by atoms with Gasteiger partial charge in [-0.2, -0.15) is 0 Å². The van der Waals surface area contributed by atoms with Gasteiger partial charge in [0.2, 0.25) is 0 Å². The number of hydrogen-bond donors (Lipinski definition) is 1. The Morgan fingerprint density at radius 2 is 2.40 bits per heavy atom. The summed E-state index contributed by atoms with van der Waals surface area (Å²) in [7, 11) is 0. The van der Waals surface area contributed by atoms with Gasteiger partial charge < -0.3 is 9.84 Å². The van der Waals surface area contributed by atoms with Crippen LogP contribution in [0.3, 0.4) is 0 Å². The molecular formula is C11H14FNO2. The molecule has 0 aliphatic heterocycles. The fourth-order valence-corrected chi connectivity index (χ4v) is 2.02. The van der Waals surface area contributed by atoms with Crippen LogP contribution in [0, 0.1) is 5.82 Å². The van der Waals surface area contributed by atoms with Crippen molar-refractivity contribution in [3.05, 3.63) is 29.8 Å². The van der Waals surface area contributed by atoms with Crippen LogP contribution in [0.2, 0.25) is 0 Å². The molecule has 0 saturated heterocycles. The number of ether oxygens (including phenoxy) is 1. The van der Waals surface area contributed by atoms with Crippen LogP contribution in [0.15, 0.2) is 18.5 Å². The standard InChI is InChI=1S/C11H14FNO2/c1-2-15-8-5-11(14,6-8)9-3-4-13-7-10(9)12/h3-4,7-8,14H,2,5-6H2,1H3. The molecule has 0 amide bonds. The highest BCUT2D eigenvalue weighted by Gasteiger charge is 2.46. The van der Waals surface area contributed by atoms with Crippen molar-refractivity contribution >= 4 is 0 Å². The number of aromatic nitrogens is 1. The van der Waals surface area contributed by atoms with Gasteiger partial charge in [0.05, 0.1) is 17.9 Å². The first kappa shape index (κ1) is 10.5. The smallest absolute Gasteiger partial charge is 0.147 e. The van der Waals surface area contributed by atoms with Crippen LogP contribution >= 0.6 is 0 Å². The summed E-state index contributed by atoms with van der Waals surface area (Å²) < 4.78 is 18.7. The predicted molar refractivity (Wildman–Crippen MR) is 52.7 cm³/mol. The lowest BCUT2D eigenvalue weighted by Gasteiger charge is -2.43. The van der Waals surface area contributed by atoms with Crippen LogP contribution in [0.25, 0.3) is 0 Å². The molecule has 1 aromatic rings. The Balaban J connectivity index is 2.10. The molecule has 0 bridgehead atoms. The minimum absolute atomic E-state index is 0.0487. The SMILES string of the molecule is CCOC1CC(O)(c2ccncc2F)C1. The molecular weight excluding hydrogens is 197 g/mol. The normalized spacial score (nSPS) is 29.9. The Labute approximate surface area is 87.9 Å². The van der Waals surface area contributed by atoms with Crippen molar-refractivity contribution in [2.24, 2.45) is 0 Å². The first-order valence-electron chi connectivity index (χ1n) is 5.09. The summed E-state index contributed by atoms with van der Waals surface area (Å²) >= 11 is 0. The van der Waals surface area contributed by atoms with E-state index in [9.17, 15) is 9.50 Å². The molecule has 1 aliphatic carbocycles. The highest BCUT2D eigenvalue weighted by Crippen LogP contribution is 2.43. The highest BCUT2D eigenvalue weighted by molar-refractivity contribution is 5.24. The number of rotatable bonds is 3. The number of halogens is 1. The average molecular weight is 211 g/mol. The molecule has 1 N–H and O–H groups in total. The van der Waals surface area contributed by atoms with Gasteiger partial charge >= 0.3 is 0 Å². The maximum atomic E-state index is 13.4. The van der Waals surface area contributed by atoms with E-state index in [1.165, 1.54) is 12.3 Å². The molecule has 0 aromatic carbocycles. The predicted octanol–water partition coefficient (Wildman–Crippen LogP) is 1.61. The highest BCUT2D eigenvalue weighted by atomic mass is 19.1. The third kappa shape index (κ3) is 1.87. The maximum absolute atomic E-state index is 13.4. The van der Waals surface area contributed by atoms with Gasteiger partial charge in [0.1, 0.15) is 5.82 Å². The maximum Gasteiger partial charge on any atom is 0.147 e. The summed E-state index contributed by atoms with van der Waals surface area (Å²) in [6, 6.07) is 1.53. The first-order valence-corrected chi connectivity index (χ1v) is 5.09. The second-order valence-corrected chi connectivity index (χ2v) is 3.87. The third-order valence-electron chi connectivity index (χ3n) is 2.81. The van der Waals surface area contributed by atoms with Crippen LogP contribution in [-0.2, 0) is 10.3 Å².